The topological polar surface area (TPSA) is 141 Å². The number of amidine groups is 2. The molecule has 0 aromatic heterocycles. The van der Waals surface area contributed by atoms with Gasteiger partial charge in [0.2, 0.25) is 5.91 Å². The van der Waals surface area contributed by atoms with Crippen LogP contribution in [0.25, 0.3) is 10.8 Å². The first-order chi connectivity index (χ1) is 15.4. The Labute approximate surface area is 186 Å². The van der Waals surface area contributed by atoms with E-state index >= 15 is 0 Å². The third-order valence-corrected chi connectivity index (χ3v) is 5.52. The van der Waals surface area contributed by atoms with Crippen LogP contribution < -0.4 is 21.7 Å². The molecule has 0 bridgehead atoms. The molecule has 1 amide bonds. The number of rotatable bonds is 6. The summed E-state index contributed by atoms with van der Waals surface area (Å²) in [5, 5.41) is 21.1. The normalized spacial score (nSPS) is 13.7. The standard InChI is InChI=1S/C24H26N6O2/c25-23(26)19-13-18(30-7-9-32-10-8-30)14-20(24(27)28)22(19)29-21(31)12-15-5-6-16-3-1-2-4-17(16)11-15/h1-6,11,13-14H,7-10,12H2,(H3,25,26)(H3,27,28)(H,29,31). The molecule has 164 valence electrons. The number of nitrogens with one attached hydrogen (secondary N) is 3. The van der Waals surface area contributed by atoms with Gasteiger partial charge in [-0.2, -0.15) is 0 Å². The quantitative estimate of drug-likeness (QED) is 0.302. The summed E-state index contributed by atoms with van der Waals surface area (Å²) in [7, 11) is 0. The van der Waals surface area contributed by atoms with Gasteiger partial charge in [-0.05, 0) is 28.5 Å². The fourth-order valence-electron chi connectivity index (χ4n) is 3.91. The van der Waals surface area contributed by atoms with Crippen LogP contribution in [0, 0.1) is 10.8 Å². The number of nitrogen functional groups attached to an aromatic ring is 2. The number of benzene rings is 3. The molecule has 1 heterocycles. The molecular formula is C24H26N6O2. The number of morpholine rings is 1. The molecule has 7 N–H and O–H groups in total. The van der Waals surface area contributed by atoms with Crippen LogP contribution in [0.3, 0.4) is 0 Å². The molecule has 0 aliphatic carbocycles. The summed E-state index contributed by atoms with van der Waals surface area (Å²) < 4.78 is 5.40. The van der Waals surface area contributed by atoms with Crippen molar-refractivity contribution in [3.63, 3.8) is 0 Å². The highest BCUT2D eigenvalue weighted by Crippen LogP contribution is 2.29. The summed E-state index contributed by atoms with van der Waals surface area (Å²) in [4.78, 5) is 15.0. The highest BCUT2D eigenvalue weighted by molar-refractivity contribution is 6.13. The molecule has 0 spiro atoms. The maximum atomic E-state index is 12.9. The number of nitrogens with zero attached hydrogens (tertiary/aromatic N) is 1. The third kappa shape index (κ3) is 4.55. The number of carbonyl (C=O) groups excluding carboxylic acids is 1. The van der Waals surface area contributed by atoms with Gasteiger partial charge < -0.3 is 26.4 Å². The van der Waals surface area contributed by atoms with E-state index < -0.39 is 0 Å². The second kappa shape index (κ2) is 9.07. The van der Waals surface area contributed by atoms with Crippen molar-refractivity contribution in [2.24, 2.45) is 11.5 Å². The average Bonchev–Trinajstić information content (AvgIpc) is 2.79. The van der Waals surface area contributed by atoms with Crippen molar-refractivity contribution in [2.45, 2.75) is 6.42 Å². The van der Waals surface area contributed by atoms with Crippen molar-refractivity contribution < 1.29 is 9.53 Å². The summed E-state index contributed by atoms with van der Waals surface area (Å²) in [6, 6.07) is 17.3. The summed E-state index contributed by atoms with van der Waals surface area (Å²) >= 11 is 0. The molecule has 1 aliphatic rings. The van der Waals surface area contributed by atoms with E-state index in [-0.39, 0.29) is 29.7 Å². The zero-order valence-corrected chi connectivity index (χ0v) is 17.7. The Hall–Kier alpha value is -3.91. The van der Waals surface area contributed by atoms with E-state index in [4.69, 9.17) is 27.0 Å². The summed E-state index contributed by atoms with van der Waals surface area (Å²) in [6.07, 6.45) is 0.144. The van der Waals surface area contributed by atoms with Crippen molar-refractivity contribution in [1.29, 1.82) is 10.8 Å². The highest BCUT2D eigenvalue weighted by Gasteiger charge is 2.21. The number of carbonyl (C=O) groups is 1. The Morgan fingerprint density at radius 2 is 1.56 bits per heavy atom. The molecule has 8 nitrogen and oxygen atoms in total. The lowest BCUT2D eigenvalue weighted by atomic mass is 10.0. The van der Waals surface area contributed by atoms with Gasteiger partial charge in [0.25, 0.3) is 0 Å². The van der Waals surface area contributed by atoms with E-state index in [0.717, 1.165) is 22.0 Å². The van der Waals surface area contributed by atoms with Gasteiger partial charge in [0, 0.05) is 29.9 Å². The molecule has 0 radical (unpaired) electrons. The van der Waals surface area contributed by atoms with Crippen LogP contribution in [0.1, 0.15) is 16.7 Å². The Balaban J connectivity index is 1.64. The van der Waals surface area contributed by atoms with Gasteiger partial charge >= 0.3 is 0 Å². The van der Waals surface area contributed by atoms with Crippen molar-refractivity contribution in [1.82, 2.24) is 0 Å². The Kier molecular flexibility index (Phi) is 6.04. The summed E-state index contributed by atoms with van der Waals surface area (Å²) in [5.41, 5.74) is 14.3. The third-order valence-electron chi connectivity index (χ3n) is 5.52. The van der Waals surface area contributed by atoms with E-state index in [0.29, 0.717) is 37.4 Å². The van der Waals surface area contributed by atoms with Crippen molar-refractivity contribution in [3.05, 3.63) is 71.3 Å². The van der Waals surface area contributed by atoms with Gasteiger partial charge in [-0.1, -0.05) is 42.5 Å². The maximum absolute atomic E-state index is 12.9. The molecule has 3 aromatic carbocycles. The summed E-state index contributed by atoms with van der Waals surface area (Å²) in [5.74, 6) is -0.684. The van der Waals surface area contributed by atoms with Crippen LogP contribution in [-0.4, -0.2) is 43.9 Å². The first kappa shape index (κ1) is 21.3. The monoisotopic (exact) mass is 430 g/mol. The number of nitrogens with two attached hydrogens (primary N) is 2. The van der Waals surface area contributed by atoms with Gasteiger partial charge in [0.15, 0.2) is 0 Å². The van der Waals surface area contributed by atoms with Gasteiger partial charge in [-0.3, -0.25) is 15.6 Å². The van der Waals surface area contributed by atoms with Crippen LogP contribution in [0.15, 0.2) is 54.6 Å². The predicted molar refractivity (Wildman–Crippen MR) is 128 cm³/mol. The smallest absolute Gasteiger partial charge is 0.228 e. The van der Waals surface area contributed by atoms with E-state index in [9.17, 15) is 4.79 Å². The molecule has 0 saturated carbocycles. The number of fused-ring (bicyclic) bond motifs is 1. The first-order valence-electron chi connectivity index (χ1n) is 10.4. The van der Waals surface area contributed by atoms with Crippen molar-refractivity contribution >= 4 is 39.7 Å². The lowest BCUT2D eigenvalue weighted by molar-refractivity contribution is -0.115. The number of anilines is 2. The molecule has 1 saturated heterocycles. The van der Waals surface area contributed by atoms with Crippen molar-refractivity contribution in [2.75, 3.05) is 36.5 Å². The molecule has 0 atom stereocenters. The fourth-order valence-corrected chi connectivity index (χ4v) is 3.91. The van der Waals surface area contributed by atoms with Crippen LogP contribution >= 0.6 is 0 Å². The maximum Gasteiger partial charge on any atom is 0.228 e. The number of hydrogen-bond acceptors (Lipinski definition) is 5. The summed E-state index contributed by atoms with van der Waals surface area (Å²) in [6.45, 7) is 2.55. The van der Waals surface area contributed by atoms with Gasteiger partial charge in [-0.25, -0.2) is 0 Å². The largest absolute Gasteiger partial charge is 0.384 e. The van der Waals surface area contributed by atoms with E-state index in [1.165, 1.54) is 0 Å². The van der Waals surface area contributed by atoms with Gasteiger partial charge in [-0.15, -0.1) is 0 Å². The lowest BCUT2D eigenvalue weighted by Crippen LogP contribution is -2.36. The van der Waals surface area contributed by atoms with E-state index in [2.05, 4.69) is 10.2 Å². The number of amides is 1. The lowest BCUT2D eigenvalue weighted by Gasteiger charge is -2.30. The van der Waals surface area contributed by atoms with E-state index in [1.54, 1.807) is 12.1 Å². The molecule has 4 rings (SSSR count). The van der Waals surface area contributed by atoms with Crippen LogP contribution in [-0.2, 0) is 16.0 Å². The van der Waals surface area contributed by atoms with Crippen LogP contribution in [0.5, 0.6) is 0 Å². The zero-order valence-electron chi connectivity index (χ0n) is 17.7. The molecular weight excluding hydrogens is 404 g/mol. The average molecular weight is 431 g/mol. The Morgan fingerprint density at radius 1 is 0.938 bits per heavy atom. The fraction of sp³-hybridized carbons (Fsp3) is 0.208. The van der Waals surface area contributed by atoms with Crippen molar-refractivity contribution in [3.8, 4) is 0 Å². The van der Waals surface area contributed by atoms with Gasteiger partial charge in [0.05, 0.1) is 25.3 Å². The zero-order chi connectivity index (χ0) is 22.7. The predicted octanol–water partition coefficient (Wildman–Crippen LogP) is 2.43. The molecule has 1 aliphatic heterocycles. The number of hydrogen-bond donors (Lipinski definition) is 5. The van der Waals surface area contributed by atoms with Crippen LogP contribution in [0.2, 0.25) is 0 Å². The van der Waals surface area contributed by atoms with Crippen LogP contribution in [0.4, 0.5) is 11.4 Å². The second-order valence-corrected chi connectivity index (χ2v) is 7.75. The molecule has 32 heavy (non-hydrogen) atoms. The Bertz CT molecular complexity index is 1170. The minimum Gasteiger partial charge on any atom is -0.384 e. The minimum atomic E-state index is -0.274. The van der Waals surface area contributed by atoms with E-state index in [1.807, 2.05) is 42.5 Å². The molecule has 1 fully saturated rings. The Morgan fingerprint density at radius 3 is 2.19 bits per heavy atom. The van der Waals surface area contributed by atoms with Gasteiger partial charge in [0.1, 0.15) is 11.7 Å². The first-order valence-corrected chi connectivity index (χ1v) is 10.4. The highest BCUT2D eigenvalue weighted by atomic mass is 16.5. The SMILES string of the molecule is N=C(N)c1cc(N2CCOCC2)cc(C(=N)N)c1NC(=O)Cc1ccc2ccccc2c1. The minimum absolute atomic E-state index is 0.144. The molecule has 3 aromatic rings. The molecule has 0 unspecified atom stereocenters. The molecule has 8 heteroatoms. The number of ether oxygens (including phenoxy) is 1. The second-order valence-electron chi connectivity index (χ2n) is 7.75.